The van der Waals surface area contributed by atoms with E-state index in [2.05, 4.69) is 26.0 Å². The molecule has 0 saturated carbocycles. The Balaban J connectivity index is 2.57. The average molecular weight is 272 g/mol. The summed E-state index contributed by atoms with van der Waals surface area (Å²) < 4.78 is 0. The zero-order valence-electron chi connectivity index (χ0n) is 10.9. The zero-order chi connectivity index (χ0) is 12.8. The predicted molar refractivity (Wildman–Crippen MR) is 79.0 cm³/mol. The minimum atomic E-state index is 0.186. The van der Waals surface area contributed by atoms with Crippen LogP contribution in [-0.2, 0) is 6.42 Å². The third-order valence-corrected chi connectivity index (χ3v) is 4.04. The molecule has 0 amide bonds. The lowest BCUT2D eigenvalue weighted by atomic mass is 10.1. The van der Waals surface area contributed by atoms with Crippen molar-refractivity contribution < 1.29 is 0 Å². The molecular weight excluding hydrogens is 250 g/mol. The van der Waals surface area contributed by atoms with E-state index in [-0.39, 0.29) is 6.04 Å². The Bertz CT molecular complexity index is 350. The second kappa shape index (κ2) is 7.30. The first-order valence-corrected chi connectivity index (χ1v) is 7.52. The van der Waals surface area contributed by atoms with Crippen molar-refractivity contribution in [1.29, 1.82) is 0 Å². The van der Waals surface area contributed by atoms with Crippen LogP contribution in [0.15, 0.2) is 23.1 Å². The van der Waals surface area contributed by atoms with Crippen molar-refractivity contribution >= 4 is 23.4 Å². The summed E-state index contributed by atoms with van der Waals surface area (Å²) in [6.07, 6.45) is 2.11. The number of hydrogen-bond acceptors (Lipinski definition) is 2. The van der Waals surface area contributed by atoms with Crippen LogP contribution in [0.4, 0.5) is 0 Å². The molecule has 3 heteroatoms. The van der Waals surface area contributed by atoms with Crippen LogP contribution >= 0.6 is 23.4 Å². The topological polar surface area (TPSA) is 26.0 Å². The fraction of sp³-hybridized carbons (Fsp3) is 0.571. The van der Waals surface area contributed by atoms with Crippen LogP contribution in [0.3, 0.4) is 0 Å². The molecule has 2 N–H and O–H groups in total. The standard InChI is InChI=1S/C14H22ClNS/c1-10(2)6-7-17-14-5-4-12(8-11(3)16)9-13(14)15/h4-5,9-11H,6-8,16H2,1-3H3. The van der Waals surface area contributed by atoms with Crippen molar-refractivity contribution in [2.24, 2.45) is 11.7 Å². The quantitative estimate of drug-likeness (QED) is 0.778. The normalized spacial score (nSPS) is 13.1. The van der Waals surface area contributed by atoms with Gasteiger partial charge < -0.3 is 5.73 Å². The van der Waals surface area contributed by atoms with Crippen LogP contribution in [0.1, 0.15) is 32.8 Å². The van der Waals surface area contributed by atoms with Crippen LogP contribution in [0, 0.1) is 5.92 Å². The largest absolute Gasteiger partial charge is 0.328 e. The van der Waals surface area contributed by atoms with Gasteiger partial charge in [-0.05, 0) is 49.1 Å². The number of thioether (sulfide) groups is 1. The molecule has 1 aromatic rings. The van der Waals surface area contributed by atoms with Gasteiger partial charge in [0.2, 0.25) is 0 Å². The van der Waals surface area contributed by atoms with Gasteiger partial charge >= 0.3 is 0 Å². The fourth-order valence-electron chi connectivity index (χ4n) is 1.56. The molecule has 0 bridgehead atoms. The number of rotatable bonds is 6. The molecule has 0 heterocycles. The second-order valence-corrected chi connectivity index (χ2v) is 6.52. The van der Waals surface area contributed by atoms with Crippen molar-refractivity contribution in [3.05, 3.63) is 28.8 Å². The minimum absolute atomic E-state index is 0.186. The summed E-state index contributed by atoms with van der Waals surface area (Å²) in [7, 11) is 0. The highest BCUT2D eigenvalue weighted by Gasteiger charge is 2.05. The van der Waals surface area contributed by atoms with Gasteiger partial charge in [0, 0.05) is 10.9 Å². The van der Waals surface area contributed by atoms with Crippen LogP contribution in [0.2, 0.25) is 5.02 Å². The first-order valence-electron chi connectivity index (χ1n) is 6.16. The number of benzene rings is 1. The molecular formula is C14H22ClNS. The molecule has 1 atom stereocenters. The predicted octanol–water partition coefficient (Wildman–Crippen LogP) is 4.37. The van der Waals surface area contributed by atoms with Gasteiger partial charge in [-0.25, -0.2) is 0 Å². The summed E-state index contributed by atoms with van der Waals surface area (Å²) in [6.45, 7) is 6.50. The first-order chi connectivity index (χ1) is 7.99. The molecule has 96 valence electrons. The summed E-state index contributed by atoms with van der Waals surface area (Å²) in [6, 6.07) is 6.48. The molecule has 0 aliphatic rings. The maximum Gasteiger partial charge on any atom is 0.0544 e. The highest BCUT2D eigenvalue weighted by molar-refractivity contribution is 7.99. The number of halogens is 1. The second-order valence-electron chi connectivity index (χ2n) is 4.98. The van der Waals surface area contributed by atoms with Crippen LogP contribution in [0.5, 0.6) is 0 Å². The Labute approximate surface area is 114 Å². The molecule has 1 rings (SSSR count). The lowest BCUT2D eigenvalue weighted by Crippen LogP contribution is -2.17. The van der Waals surface area contributed by atoms with E-state index in [4.69, 9.17) is 17.3 Å². The zero-order valence-corrected chi connectivity index (χ0v) is 12.4. The van der Waals surface area contributed by atoms with E-state index in [1.807, 2.05) is 24.8 Å². The molecule has 0 aliphatic heterocycles. The third kappa shape index (κ3) is 5.80. The van der Waals surface area contributed by atoms with Crippen molar-refractivity contribution in [3.63, 3.8) is 0 Å². The van der Waals surface area contributed by atoms with E-state index < -0.39 is 0 Å². The monoisotopic (exact) mass is 271 g/mol. The fourth-order valence-corrected chi connectivity index (χ4v) is 3.10. The molecule has 1 unspecified atom stereocenters. The third-order valence-electron chi connectivity index (χ3n) is 2.51. The molecule has 0 saturated heterocycles. The van der Waals surface area contributed by atoms with Gasteiger partial charge in [0.15, 0.2) is 0 Å². The van der Waals surface area contributed by atoms with E-state index in [0.717, 1.165) is 23.1 Å². The van der Waals surface area contributed by atoms with Gasteiger partial charge in [-0.15, -0.1) is 11.8 Å². The van der Waals surface area contributed by atoms with Gasteiger partial charge in [0.05, 0.1) is 5.02 Å². The van der Waals surface area contributed by atoms with E-state index in [1.54, 1.807) is 0 Å². The van der Waals surface area contributed by atoms with Gasteiger partial charge in [-0.1, -0.05) is 31.5 Å². The Morgan fingerprint density at radius 3 is 2.53 bits per heavy atom. The van der Waals surface area contributed by atoms with Gasteiger partial charge in [-0.3, -0.25) is 0 Å². The molecule has 17 heavy (non-hydrogen) atoms. The lowest BCUT2D eigenvalue weighted by molar-refractivity contribution is 0.632. The van der Waals surface area contributed by atoms with Crippen LogP contribution in [-0.4, -0.2) is 11.8 Å². The summed E-state index contributed by atoms with van der Waals surface area (Å²) in [4.78, 5) is 1.18. The Morgan fingerprint density at radius 2 is 2.00 bits per heavy atom. The van der Waals surface area contributed by atoms with Gasteiger partial charge in [0.25, 0.3) is 0 Å². The van der Waals surface area contributed by atoms with E-state index in [0.29, 0.717) is 0 Å². The summed E-state index contributed by atoms with van der Waals surface area (Å²) in [5.41, 5.74) is 7.00. The molecule has 0 aromatic heterocycles. The highest BCUT2D eigenvalue weighted by Crippen LogP contribution is 2.29. The maximum atomic E-state index is 6.27. The molecule has 0 spiro atoms. The molecule has 0 fully saturated rings. The van der Waals surface area contributed by atoms with Gasteiger partial charge in [-0.2, -0.15) is 0 Å². The number of hydrogen-bond donors (Lipinski definition) is 1. The Morgan fingerprint density at radius 1 is 1.29 bits per heavy atom. The Kier molecular flexibility index (Phi) is 6.39. The summed E-state index contributed by atoms with van der Waals surface area (Å²) in [5, 5.41) is 0.858. The van der Waals surface area contributed by atoms with E-state index in [9.17, 15) is 0 Å². The smallest absolute Gasteiger partial charge is 0.0544 e. The molecule has 0 aliphatic carbocycles. The first kappa shape index (κ1) is 14.9. The summed E-state index contributed by atoms with van der Waals surface area (Å²) in [5.74, 6) is 1.88. The lowest BCUT2D eigenvalue weighted by Gasteiger charge is -2.09. The minimum Gasteiger partial charge on any atom is -0.328 e. The van der Waals surface area contributed by atoms with Gasteiger partial charge in [0.1, 0.15) is 0 Å². The van der Waals surface area contributed by atoms with E-state index in [1.165, 1.54) is 16.9 Å². The maximum absolute atomic E-state index is 6.27. The van der Waals surface area contributed by atoms with Crippen molar-refractivity contribution in [3.8, 4) is 0 Å². The van der Waals surface area contributed by atoms with E-state index >= 15 is 0 Å². The van der Waals surface area contributed by atoms with Crippen LogP contribution in [0.25, 0.3) is 0 Å². The van der Waals surface area contributed by atoms with Crippen molar-refractivity contribution in [2.45, 2.75) is 44.6 Å². The number of nitrogens with two attached hydrogens (primary N) is 1. The molecule has 1 nitrogen and oxygen atoms in total. The van der Waals surface area contributed by atoms with Crippen LogP contribution < -0.4 is 5.73 Å². The van der Waals surface area contributed by atoms with Crippen molar-refractivity contribution in [2.75, 3.05) is 5.75 Å². The molecule has 0 radical (unpaired) electrons. The average Bonchev–Trinajstić information content (AvgIpc) is 2.20. The summed E-state index contributed by atoms with van der Waals surface area (Å²) >= 11 is 8.11. The Hall–Kier alpha value is -0.180. The molecule has 1 aromatic carbocycles. The SMILES string of the molecule is CC(C)CCSc1ccc(CC(C)N)cc1Cl. The van der Waals surface area contributed by atoms with Crippen molar-refractivity contribution in [1.82, 2.24) is 0 Å². The highest BCUT2D eigenvalue weighted by atomic mass is 35.5.